The van der Waals surface area contributed by atoms with Crippen LogP contribution in [0.25, 0.3) is 0 Å². The molecule has 0 fully saturated rings. The molecule has 0 spiro atoms. The summed E-state index contributed by atoms with van der Waals surface area (Å²) in [4.78, 5) is 12.5. The molecule has 32 heavy (non-hydrogen) atoms. The van der Waals surface area contributed by atoms with Crippen molar-refractivity contribution in [1.29, 1.82) is 0 Å². The van der Waals surface area contributed by atoms with Gasteiger partial charge in [0, 0.05) is 6.04 Å². The number of hydrogen-bond donors (Lipinski definition) is 2. The highest BCUT2D eigenvalue weighted by molar-refractivity contribution is 7.89. The predicted molar refractivity (Wildman–Crippen MR) is 122 cm³/mol. The lowest BCUT2D eigenvalue weighted by molar-refractivity contribution is 0.102. The summed E-state index contributed by atoms with van der Waals surface area (Å²) >= 11 is 0. The van der Waals surface area contributed by atoms with E-state index in [-0.39, 0.29) is 16.5 Å². The Morgan fingerprint density at radius 2 is 1.72 bits per heavy atom. The van der Waals surface area contributed by atoms with Gasteiger partial charge in [-0.3, -0.25) is 4.79 Å². The molecule has 0 aliphatic carbocycles. The van der Waals surface area contributed by atoms with E-state index in [9.17, 15) is 17.6 Å². The molecule has 0 saturated heterocycles. The molecule has 3 rings (SSSR count). The van der Waals surface area contributed by atoms with Gasteiger partial charge in [-0.15, -0.1) is 0 Å². The number of amides is 1. The maximum atomic E-state index is 14.4. The van der Waals surface area contributed by atoms with Crippen molar-refractivity contribution in [2.24, 2.45) is 0 Å². The molecule has 1 amide bonds. The van der Waals surface area contributed by atoms with Gasteiger partial charge in [0.2, 0.25) is 10.0 Å². The summed E-state index contributed by atoms with van der Waals surface area (Å²) in [7, 11) is -2.52. The van der Waals surface area contributed by atoms with Gasteiger partial charge in [-0.1, -0.05) is 49.4 Å². The second-order valence-electron chi connectivity index (χ2n) is 7.21. The zero-order chi connectivity index (χ0) is 23.1. The molecule has 3 aromatic carbocycles. The fourth-order valence-corrected chi connectivity index (χ4v) is 4.58. The highest BCUT2D eigenvalue weighted by Crippen LogP contribution is 2.25. The number of halogens is 1. The van der Waals surface area contributed by atoms with Gasteiger partial charge >= 0.3 is 0 Å². The number of hydrogen-bond acceptors (Lipinski definition) is 4. The minimum absolute atomic E-state index is 0.185. The summed E-state index contributed by atoms with van der Waals surface area (Å²) in [5, 5.41) is 2.56. The third kappa shape index (κ3) is 5.72. The molecule has 0 radical (unpaired) electrons. The summed E-state index contributed by atoms with van der Waals surface area (Å²) in [6.07, 6.45) is 1.08. The van der Waals surface area contributed by atoms with Crippen molar-refractivity contribution < 1.29 is 22.3 Å². The monoisotopic (exact) mass is 456 g/mol. The van der Waals surface area contributed by atoms with Gasteiger partial charge in [-0.2, -0.15) is 0 Å². The lowest BCUT2D eigenvalue weighted by atomic mass is 10.1. The van der Waals surface area contributed by atoms with E-state index in [0.29, 0.717) is 24.3 Å². The molecule has 168 valence electrons. The van der Waals surface area contributed by atoms with Gasteiger partial charge in [0.25, 0.3) is 5.91 Å². The van der Waals surface area contributed by atoms with Gasteiger partial charge in [-0.25, -0.2) is 17.5 Å². The van der Waals surface area contributed by atoms with Crippen molar-refractivity contribution in [3.05, 3.63) is 89.7 Å². The molecule has 0 saturated carbocycles. The molecule has 0 aliphatic rings. The molecule has 3 aromatic rings. The van der Waals surface area contributed by atoms with Crippen LogP contribution in [0.4, 0.5) is 10.1 Å². The number of sulfonamides is 1. The number of ether oxygens (including phenoxy) is 1. The molecule has 0 unspecified atom stereocenters. The van der Waals surface area contributed by atoms with Gasteiger partial charge < -0.3 is 10.1 Å². The number of rotatable bonds is 9. The van der Waals surface area contributed by atoms with Crippen molar-refractivity contribution in [3.63, 3.8) is 0 Å². The second kappa shape index (κ2) is 10.4. The number of carbonyl (C=O) groups excluding carboxylic acids is 1. The first-order valence-electron chi connectivity index (χ1n) is 10.1. The van der Waals surface area contributed by atoms with Crippen LogP contribution in [0.1, 0.15) is 29.3 Å². The van der Waals surface area contributed by atoms with Crippen LogP contribution in [0.15, 0.2) is 77.7 Å². The number of carbonyl (C=O) groups is 1. The molecule has 0 heterocycles. The fraction of sp³-hybridized carbons (Fsp3) is 0.208. The van der Waals surface area contributed by atoms with Crippen LogP contribution in [-0.4, -0.2) is 27.5 Å². The van der Waals surface area contributed by atoms with Crippen LogP contribution in [0.2, 0.25) is 0 Å². The topological polar surface area (TPSA) is 84.5 Å². The Labute approximate surface area is 187 Å². The minimum Gasteiger partial charge on any atom is -0.495 e. The molecule has 0 aliphatic heterocycles. The zero-order valence-corrected chi connectivity index (χ0v) is 18.7. The van der Waals surface area contributed by atoms with Crippen molar-refractivity contribution >= 4 is 21.6 Å². The van der Waals surface area contributed by atoms with Crippen LogP contribution >= 0.6 is 0 Å². The van der Waals surface area contributed by atoms with Crippen molar-refractivity contribution in [2.75, 3.05) is 12.4 Å². The average Bonchev–Trinajstić information content (AvgIpc) is 2.79. The largest absolute Gasteiger partial charge is 0.495 e. The molecular formula is C24H25FN2O4S. The Balaban J connectivity index is 1.82. The maximum Gasteiger partial charge on any atom is 0.258 e. The van der Waals surface area contributed by atoms with Gasteiger partial charge in [0.05, 0.1) is 23.3 Å². The van der Waals surface area contributed by atoms with E-state index in [1.165, 1.54) is 7.11 Å². The van der Waals surface area contributed by atoms with Crippen molar-refractivity contribution in [1.82, 2.24) is 4.72 Å². The number of benzene rings is 3. The first kappa shape index (κ1) is 23.4. The summed E-state index contributed by atoms with van der Waals surface area (Å²) in [6.45, 7) is 1.88. The average molecular weight is 457 g/mol. The highest BCUT2D eigenvalue weighted by Gasteiger charge is 2.23. The quantitative estimate of drug-likeness (QED) is 0.500. The third-order valence-corrected chi connectivity index (χ3v) is 6.51. The van der Waals surface area contributed by atoms with Crippen LogP contribution in [0, 0.1) is 5.82 Å². The van der Waals surface area contributed by atoms with Crippen LogP contribution in [-0.2, 0) is 16.4 Å². The first-order chi connectivity index (χ1) is 15.3. The van der Waals surface area contributed by atoms with Gasteiger partial charge in [0.1, 0.15) is 11.6 Å². The van der Waals surface area contributed by atoms with E-state index in [1.54, 1.807) is 24.3 Å². The number of para-hydroxylation sites is 2. The van der Waals surface area contributed by atoms with Crippen LogP contribution in [0.5, 0.6) is 5.75 Å². The van der Waals surface area contributed by atoms with Gasteiger partial charge in [-0.05, 0) is 48.7 Å². The fourth-order valence-electron chi connectivity index (χ4n) is 3.24. The molecule has 0 aromatic heterocycles. The number of methoxy groups -OCH3 is 1. The zero-order valence-electron chi connectivity index (χ0n) is 17.8. The second-order valence-corrected chi connectivity index (χ2v) is 8.93. The standard InChI is InChI=1S/C24H25FN2O4S/c1-3-18(15-17-9-5-4-6-10-17)27-32(29,30)19-13-14-21(25)20(16-19)24(28)26-22-11-7-8-12-23(22)31-2/h4-14,16,18,27H,3,15H2,1-2H3,(H,26,28)/t18-/m1/s1. The molecular weight excluding hydrogens is 431 g/mol. The minimum atomic E-state index is -3.97. The highest BCUT2D eigenvalue weighted by atomic mass is 32.2. The van der Waals surface area contributed by atoms with Crippen LogP contribution < -0.4 is 14.8 Å². The summed E-state index contributed by atoms with van der Waals surface area (Å²) in [6, 6.07) is 19.0. The van der Waals surface area contributed by atoms with Crippen LogP contribution in [0.3, 0.4) is 0 Å². The number of nitrogens with one attached hydrogen (secondary N) is 2. The van der Waals surface area contributed by atoms with E-state index in [4.69, 9.17) is 4.74 Å². The summed E-state index contributed by atoms with van der Waals surface area (Å²) in [5.74, 6) is -1.20. The SMILES string of the molecule is CC[C@H](Cc1ccccc1)NS(=O)(=O)c1ccc(F)c(C(=O)Nc2ccccc2OC)c1. The predicted octanol–water partition coefficient (Wildman–Crippen LogP) is 4.39. The molecule has 2 N–H and O–H groups in total. The normalized spacial score (nSPS) is 12.2. The Morgan fingerprint density at radius 3 is 2.41 bits per heavy atom. The Kier molecular flexibility index (Phi) is 7.61. The third-order valence-electron chi connectivity index (χ3n) is 4.99. The molecule has 1 atom stereocenters. The van der Waals surface area contributed by atoms with E-state index in [0.717, 1.165) is 23.8 Å². The number of anilines is 1. The van der Waals surface area contributed by atoms with Gasteiger partial charge in [0.15, 0.2) is 0 Å². The lowest BCUT2D eigenvalue weighted by Gasteiger charge is -2.18. The lowest BCUT2D eigenvalue weighted by Crippen LogP contribution is -2.36. The Morgan fingerprint density at radius 1 is 1.03 bits per heavy atom. The molecule has 0 bridgehead atoms. The van der Waals surface area contributed by atoms with E-state index in [2.05, 4.69) is 10.0 Å². The van der Waals surface area contributed by atoms with Crippen molar-refractivity contribution in [3.8, 4) is 5.75 Å². The van der Waals surface area contributed by atoms with E-state index in [1.807, 2.05) is 37.3 Å². The Hall–Kier alpha value is -3.23. The summed E-state index contributed by atoms with van der Waals surface area (Å²) < 4.78 is 48.1. The van der Waals surface area contributed by atoms with Crippen molar-refractivity contribution in [2.45, 2.75) is 30.7 Å². The molecule has 6 nitrogen and oxygen atoms in total. The van der Waals surface area contributed by atoms with E-state index < -0.39 is 21.7 Å². The van der Waals surface area contributed by atoms with E-state index >= 15 is 0 Å². The summed E-state index contributed by atoms with van der Waals surface area (Å²) in [5.41, 5.74) is 0.965. The Bertz CT molecular complexity index is 1180. The smallest absolute Gasteiger partial charge is 0.258 e. The maximum absolute atomic E-state index is 14.4. The first-order valence-corrected chi connectivity index (χ1v) is 11.6. The molecule has 8 heteroatoms.